The lowest BCUT2D eigenvalue weighted by Crippen LogP contribution is -2.29. The minimum absolute atomic E-state index is 0.0865. The van der Waals surface area contributed by atoms with Crippen LogP contribution in [0.1, 0.15) is 11.3 Å². The van der Waals surface area contributed by atoms with Gasteiger partial charge >= 0.3 is 18.0 Å². The molecule has 9 heteroatoms. The topological polar surface area (TPSA) is 71.1 Å². The highest BCUT2D eigenvalue weighted by molar-refractivity contribution is 7.14. The summed E-state index contributed by atoms with van der Waals surface area (Å²) in [6, 6.07) is 3.78. The van der Waals surface area contributed by atoms with Crippen molar-refractivity contribution in [1.82, 2.24) is 4.98 Å². The zero-order valence-electron chi connectivity index (χ0n) is 11.2. The summed E-state index contributed by atoms with van der Waals surface area (Å²) in [6.07, 6.45) is -4.46. The molecule has 0 bridgehead atoms. The number of amides is 2. The first kappa shape index (κ1) is 16.0. The Morgan fingerprint density at radius 2 is 1.68 bits per heavy atom. The highest BCUT2D eigenvalue weighted by Gasteiger charge is 2.30. The zero-order chi connectivity index (χ0) is 16.3. The SMILES string of the molecule is Cc1csc(NC(=O)C(=O)Nc2ccc(C(F)(F)F)cc2)n1. The van der Waals surface area contributed by atoms with Gasteiger partial charge in [-0.2, -0.15) is 13.2 Å². The van der Waals surface area contributed by atoms with E-state index in [1.807, 2.05) is 0 Å². The van der Waals surface area contributed by atoms with Gasteiger partial charge in [0.2, 0.25) is 0 Å². The van der Waals surface area contributed by atoms with Crippen molar-refractivity contribution in [3.05, 3.63) is 40.9 Å². The summed E-state index contributed by atoms with van der Waals surface area (Å²) in [5.41, 5.74) is -0.0554. The van der Waals surface area contributed by atoms with Crippen molar-refractivity contribution >= 4 is 34.0 Å². The smallest absolute Gasteiger partial charge is 0.318 e. The molecule has 2 N–H and O–H groups in total. The molecule has 0 saturated carbocycles. The Bertz CT molecular complexity index is 695. The van der Waals surface area contributed by atoms with Crippen molar-refractivity contribution in [3.8, 4) is 0 Å². The number of nitrogens with zero attached hydrogens (tertiary/aromatic N) is 1. The minimum atomic E-state index is -4.46. The molecule has 0 radical (unpaired) electrons. The number of hydrogen-bond donors (Lipinski definition) is 2. The highest BCUT2D eigenvalue weighted by atomic mass is 32.1. The number of aromatic nitrogens is 1. The van der Waals surface area contributed by atoms with Gasteiger partial charge in [0.05, 0.1) is 11.3 Å². The number of anilines is 2. The van der Waals surface area contributed by atoms with Gasteiger partial charge in [-0.1, -0.05) is 0 Å². The lowest BCUT2D eigenvalue weighted by Gasteiger charge is -2.08. The van der Waals surface area contributed by atoms with Crippen LogP contribution in [-0.4, -0.2) is 16.8 Å². The standard InChI is InChI=1S/C13H10F3N3O2S/c1-7-6-22-12(17-7)19-11(21)10(20)18-9-4-2-8(3-5-9)13(14,15)16/h2-6H,1H3,(H,18,20)(H,17,19,21). The molecule has 22 heavy (non-hydrogen) atoms. The molecule has 0 fully saturated rings. The molecular weight excluding hydrogens is 319 g/mol. The van der Waals surface area contributed by atoms with Crippen molar-refractivity contribution in [2.45, 2.75) is 13.1 Å². The van der Waals surface area contributed by atoms with Gasteiger partial charge in [-0.25, -0.2) is 4.98 Å². The average molecular weight is 329 g/mol. The van der Waals surface area contributed by atoms with E-state index in [0.717, 1.165) is 35.6 Å². The van der Waals surface area contributed by atoms with Crippen LogP contribution in [0.3, 0.4) is 0 Å². The Kier molecular flexibility index (Phi) is 4.45. The van der Waals surface area contributed by atoms with E-state index in [2.05, 4.69) is 15.6 Å². The van der Waals surface area contributed by atoms with E-state index in [0.29, 0.717) is 5.69 Å². The van der Waals surface area contributed by atoms with Gasteiger partial charge in [-0.05, 0) is 31.2 Å². The number of nitrogens with one attached hydrogen (secondary N) is 2. The predicted molar refractivity (Wildman–Crippen MR) is 75.6 cm³/mol. The second kappa shape index (κ2) is 6.14. The number of rotatable bonds is 2. The minimum Gasteiger partial charge on any atom is -0.318 e. The molecule has 0 atom stereocenters. The van der Waals surface area contributed by atoms with E-state index >= 15 is 0 Å². The maximum atomic E-state index is 12.4. The molecule has 116 valence electrons. The van der Waals surface area contributed by atoms with Gasteiger partial charge in [0.25, 0.3) is 0 Å². The summed E-state index contributed by atoms with van der Waals surface area (Å²) >= 11 is 1.16. The van der Waals surface area contributed by atoms with Crippen molar-refractivity contribution < 1.29 is 22.8 Å². The molecule has 5 nitrogen and oxygen atoms in total. The molecule has 0 aliphatic carbocycles. The normalized spacial score (nSPS) is 11.1. The van der Waals surface area contributed by atoms with E-state index in [1.165, 1.54) is 0 Å². The second-order valence-electron chi connectivity index (χ2n) is 4.28. The van der Waals surface area contributed by atoms with Crippen LogP contribution in [0.25, 0.3) is 0 Å². The Balaban J connectivity index is 1.98. The summed E-state index contributed by atoms with van der Waals surface area (Å²) in [6.45, 7) is 1.73. The van der Waals surface area contributed by atoms with Crippen LogP contribution in [0, 0.1) is 6.92 Å². The van der Waals surface area contributed by atoms with E-state index in [9.17, 15) is 22.8 Å². The number of carbonyl (C=O) groups excluding carboxylic acids is 2. The molecule has 1 aromatic heterocycles. The van der Waals surface area contributed by atoms with Gasteiger partial charge in [-0.15, -0.1) is 11.3 Å². The Hall–Kier alpha value is -2.42. The largest absolute Gasteiger partial charge is 0.416 e. The van der Waals surface area contributed by atoms with Crippen LogP contribution in [0.5, 0.6) is 0 Å². The molecule has 1 aromatic carbocycles. The number of aryl methyl sites for hydroxylation is 1. The summed E-state index contributed by atoms with van der Waals surface area (Å²) in [7, 11) is 0. The highest BCUT2D eigenvalue weighted by Crippen LogP contribution is 2.29. The molecule has 0 saturated heterocycles. The number of benzene rings is 1. The molecule has 2 aromatic rings. The summed E-state index contributed by atoms with van der Waals surface area (Å²) < 4.78 is 37.2. The number of hydrogen-bond acceptors (Lipinski definition) is 4. The van der Waals surface area contributed by atoms with E-state index in [4.69, 9.17) is 0 Å². The van der Waals surface area contributed by atoms with Crippen LogP contribution >= 0.6 is 11.3 Å². The molecule has 1 heterocycles. The average Bonchev–Trinajstić information content (AvgIpc) is 2.83. The Labute approximate surface area is 127 Å². The van der Waals surface area contributed by atoms with Gasteiger partial charge in [-0.3, -0.25) is 14.9 Å². The summed E-state index contributed by atoms with van der Waals surface area (Å²) in [5, 5.41) is 6.47. The fraction of sp³-hybridized carbons (Fsp3) is 0.154. The second-order valence-corrected chi connectivity index (χ2v) is 5.14. The molecular formula is C13H10F3N3O2S. The third-order valence-corrected chi connectivity index (χ3v) is 3.39. The number of alkyl halides is 3. The van der Waals surface area contributed by atoms with Crippen LogP contribution in [0.15, 0.2) is 29.6 Å². The lowest BCUT2D eigenvalue weighted by molar-refractivity contribution is -0.137. The fourth-order valence-corrected chi connectivity index (χ4v) is 2.18. The number of carbonyl (C=O) groups is 2. The van der Waals surface area contributed by atoms with Crippen LogP contribution in [0.2, 0.25) is 0 Å². The van der Waals surface area contributed by atoms with Crippen molar-refractivity contribution in [2.24, 2.45) is 0 Å². The number of thiazole rings is 1. The van der Waals surface area contributed by atoms with Crippen molar-refractivity contribution in [1.29, 1.82) is 0 Å². The molecule has 2 amide bonds. The predicted octanol–water partition coefficient (Wildman–Crippen LogP) is 3.05. The van der Waals surface area contributed by atoms with Gasteiger partial charge in [0.1, 0.15) is 0 Å². The molecule has 0 unspecified atom stereocenters. The lowest BCUT2D eigenvalue weighted by atomic mass is 10.2. The first-order valence-electron chi connectivity index (χ1n) is 5.97. The molecule has 0 spiro atoms. The maximum Gasteiger partial charge on any atom is 0.416 e. The Morgan fingerprint density at radius 3 is 2.18 bits per heavy atom. The van der Waals surface area contributed by atoms with Crippen molar-refractivity contribution in [2.75, 3.05) is 10.6 Å². The molecule has 0 aliphatic heterocycles. The third-order valence-electron chi connectivity index (χ3n) is 2.52. The fourth-order valence-electron chi connectivity index (χ4n) is 1.50. The number of halogens is 3. The first-order chi connectivity index (χ1) is 10.3. The summed E-state index contributed by atoms with van der Waals surface area (Å²) in [4.78, 5) is 27.2. The monoisotopic (exact) mass is 329 g/mol. The van der Waals surface area contributed by atoms with Crippen LogP contribution < -0.4 is 10.6 Å². The van der Waals surface area contributed by atoms with E-state index < -0.39 is 23.6 Å². The molecule has 0 aliphatic rings. The van der Waals surface area contributed by atoms with Gasteiger partial charge in [0, 0.05) is 11.1 Å². The van der Waals surface area contributed by atoms with Gasteiger partial charge < -0.3 is 5.32 Å². The van der Waals surface area contributed by atoms with Crippen LogP contribution in [-0.2, 0) is 15.8 Å². The summed E-state index contributed by atoms with van der Waals surface area (Å²) in [5.74, 6) is -1.94. The Morgan fingerprint density at radius 1 is 1.09 bits per heavy atom. The molecule has 2 rings (SSSR count). The van der Waals surface area contributed by atoms with E-state index in [1.54, 1.807) is 12.3 Å². The quantitative estimate of drug-likeness (QED) is 0.832. The zero-order valence-corrected chi connectivity index (χ0v) is 12.0. The first-order valence-corrected chi connectivity index (χ1v) is 6.85. The van der Waals surface area contributed by atoms with Crippen molar-refractivity contribution in [3.63, 3.8) is 0 Å². The third kappa shape index (κ3) is 4.04. The maximum absolute atomic E-state index is 12.4. The van der Waals surface area contributed by atoms with Crippen LogP contribution in [0.4, 0.5) is 24.0 Å². The van der Waals surface area contributed by atoms with Gasteiger partial charge in [0.15, 0.2) is 5.13 Å². The van der Waals surface area contributed by atoms with E-state index in [-0.39, 0.29) is 10.8 Å².